The lowest BCUT2D eigenvalue weighted by molar-refractivity contribution is 0.0847. The van der Waals surface area contributed by atoms with Crippen LogP contribution in [0, 0.1) is 0 Å². The van der Waals surface area contributed by atoms with E-state index in [9.17, 15) is 0 Å². The zero-order valence-electron chi connectivity index (χ0n) is 11.6. The highest BCUT2D eigenvalue weighted by molar-refractivity contribution is 9.10. The predicted molar refractivity (Wildman–Crippen MR) is 82.0 cm³/mol. The van der Waals surface area contributed by atoms with Gasteiger partial charge in [0.05, 0.1) is 15.4 Å². The summed E-state index contributed by atoms with van der Waals surface area (Å²) in [5.74, 6) is 0.878. The van der Waals surface area contributed by atoms with Crippen LogP contribution in [0.5, 0.6) is 5.75 Å². The highest BCUT2D eigenvalue weighted by atomic mass is 79.9. The van der Waals surface area contributed by atoms with Gasteiger partial charge in [-0.15, -0.1) is 0 Å². The lowest BCUT2D eigenvalue weighted by Gasteiger charge is -2.27. The van der Waals surface area contributed by atoms with Gasteiger partial charge >= 0.3 is 0 Å². The molecular weight excluding hydrogens is 308 g/mol. The maximum absolute atomic E-state index is 5.70. The fourth-order valence-corrected chi connectivity index (χ4v) is 2.02. The van der Waals surface area contributed by atoms with Crippen molar-refractivity contribution in [2.45, 2.75) is 32.0 Å². The molecule has 1 rings (SSSR count). The van der Waals surface area contributed by atoms with E-state index in [0.29, 0.717) is 18.3 Å². The Kier molecular flexibility index (Phi) is 6.39. The summed E-state index contributed by atoms with van der Waals surface area (Å²) in [5.41, 5.74) is 0. The van der Waals surface area contributed by atoms with Crippen molar-refractivity contribution in [3.05, 3.63) is 28.7 Å². The third-order valence-corrected chi connectivity index (χ3v) is 6.45. The summed E-state index contributed by atoms with van der Waals surface area (Å²) in [4.78, 5) is 0. The van der Waals surface area contributed by atoms with Crippen LogP contribution < -0.4 is 4.74 Å². The summed E-state index contributed by atoms with van der Waals surface area (Å²) < 4.78 is 12.3. The van der Waals surface area contributed by atoms with E-state index in [0.717, 1.165) is 16.8 Å². The smallest absolute Gasteiger partial charge is 0.120 e. The summed E-state index contributed by atoms with van der Waals surface area (Å²) in [6.07, 6.45) is 0. The van der Waals surface area contributed by atoms with Gasteiger partial charge in [0.15, 0.2) is 0 Å². The monoisotopic (exact) mass is 329 g/mol. The average Bonchev–Trinajstić information content (AvgIpc) is 2.28. The minimum atomic E-state index is -0.327. The molecule has 1 aromatic carbocycles. The molecular formula is C14H22BrO2Si. The molecule has 0 heterocycles. The van der Waals surface area contributed by atoms with E-state index in [1.165, 1.54) is 0 Å². The molecule has 0 amide bonds. The lowest BCUT2D eigenvalue weighted by atomic mass is 10.2. The number of rotatable bonds is 7. The maximum Gasteiger partial charge on any atom is 0.120 e. The Hall–Kier alpha value is -0.323. The third kappa shape index (κ3) is 5.55. The van der Waals surface area contributed by atoms with Crippen LogP contribution in [0.25, 0.3) is 0 Å². The van der Waals surface area contributed by atoms with Crippen molar-refractivity contribution in [2.75, 3.05) is 19.8 Å². The van der Waals surface area contributed by atoms with Gasteiger partial charge in [0, 0.05) is 11.1 Å². The Morgan fingerprint density at radius 2 is 1.94 bits per heavy atom. The molecule has 0 N–H and O–H groups in total. The van der Waals surface area contributed by atoms with E-state index in [1.54, 1.807) is 0 Å². The molecule has 1 radical (unpaired) electrons. The van der Waals surface area contributed by atoms with E-state index in [2.05, 4.69) is 42.9 Å². The largest absolute Gasteiger partial charge is 0.491 e. The SMILES string of the molecule is C[Si](C)C(C)(C)COCCOc1cccc(Br)c1. The molecule has 4 heteroatoms. The Balaban J connectivity index is 2.20. The molecule has 1 aromatic rings. The van der Waals surface area contributed by atoms with Gasteiger partial charge in [-0.2, -0.15) is 0 Å². The van der Waals surface area contributed by atoms with Gasteiger partial charge in [-0.3, -0.25) is 0 Å². The summed E-state index contributed by atoms with van der Waals surface area (Å²) >= 11 is 3.42. The molecule has 0 atom stereocenters. The van der Waals surface area contributed by atoms with E-state index in [1.807, 2.05) is 24.3 Å². The molecule has 0 aliphatic rings. The average molecular weight is 330 g/mol. The third-order valence-electron chi connectivity index (χ3n) is 3.11. The van der Waals surface area contributed by atoms with Gasteiger partial charge in [-0.25, -0.2) is 0 Å². The highest BCUT2D eigenvalue weighted by Gasteiger charge is 2.23. The number of hydrogen-bond acceptors (Lipinski definition) is 2. The molecule has 0 bridgehead atoms. The van der Waals surface area contributed by atoms with Crippen molar-refractivity contribution >= 4 is 24.7 Å². The normalized spacial score (nSPS) is 11.9. The molecule has 0 unspecified atom stereocenters. The van der Waals surface area contributed by atoms with Crippen LogP contribution >= 0.6 is 15.9 Å². The standard InChI is InChI=1S/C14H22BrO2Si/c1-14(2,18(3)4)11-16-8-9-17-13-7-5-6-12(15)10-13/h5-7,10H,8-9,11H2,1-4H3. The molecule has 0 fully saturated rings. The first kappa shape index (κ1) is 15.7. The zero-order valence-corrected chi connectivity index (χ0v) is 14.2. The molecule has 0 aromatic heterocycles. The second-order valence-corrected chi connectivity index (χ2v) is 9.51. The van der Waals surface area contributed by atoms with E-state index < -0.39 is 0 Å². The van der Waals surface area contributed by atoms with Crippen LogP contribution in [0.2, 0.25) is 18.1 Å². The van der Waals surface area contributed by atoms with Gasteiger partial charge in [0.25, 0.3) is 0 Å². The van der Waals surface area contributed by atoms with Crippen LogP contribution in [0.4, 0.5) is 0 Å². The second kappa shape index (κ2) is 7.31. The first-order chi connectivity index (χ1) is 8.42. The molecule has 0 aliphatic carbocycles. The number of hydrogen-bond donors (Lipinski definition) is 0. The highest BCUT2D eigenvalue weighted by Crippen LogP contribution is 2.28. The van der Waals surface area contributed by atoms with E-state index >= 15 is 0 Å². The fraction of sp³-hybridized carbons (Fsp3) is 0.571. The zero-order chi connectivity index (χ0) is 13.6. The molecule has 101 valence electrons. The van der Waals surface area contributed by atoms with Gasteiger partial charge in [-0.05, 0) is 23.2 Å². The fourth-order valence-electron chi connectivity index (χ4n) is 1.25. The topological polar surface area (TPSA) is 18.5 Å². The molecule has 18 heavy (non-hydrogen) atoms. The summed E-state index contributed by atoms with van der Waals surface area (Å²) in [5, 5.41) is 0.320. The van der Waals surface area contributed by atoms with Crippen molar-refractivity contribution in [3.63, 3.8) is 0 Å². The maximum atomic E-state index is 5.70. The summed E-state index contributed by atoms with van der Waals surface area (Å²) in [6.45, 7) is 11.3. The second-order valence-electron chi connectivity index (χ2n) is 5.24. The Labute approximate surface area is 120 Å². The van der Waals surface area contributed by atoms with Crippen LogP contribution in [0.3, 0.4) is 0 Å². The van der Waals surface area contributed by atoms with Crippen LogP contribution in [-0.2, 0) is 4.74 Å². The van der Waals surface area contributed by atoms with Crippen molar-refractivity contribution in [3.8, 4) is 5.75 Å². The van der Waals surface area contributed by atoms with Crippen LogP contribution in [-0.4, -0.2) is 28.6 Å². The van der Waals surface area contributed by atoms with Crippen molar-refractivity contribution in [2.24, 2.45) is 0 Å². The van der Waals surface area contributed by atoms with Gasteiger partial charge in [-0.1, -0.05) is 48.9 Å². The molecule has 0 saturated heterocycles. The van der Waals surface area contributed by atoms with E-state index in [-0.39, 0.29) is 8.80 Å². The molecule has 0 aliphatic heterocycles. The van der Waals surface area contributed by atoms with Crippen LogP contribution in [0.15, 0.2) is 28.7 Å². The minimum absolute atomic E-state index is 0.320. The first-order valence-electron chi connectivity index (χ1n) is 6.18. The van der Waals surface area contributed by atoms with Gasteiger partial charge in [0.2, 0.25) is 0 Å². The minimum Gasteiger partial charge on any atom is -0.491 e. The number of ether oxygens (including phenoxy) is 2. The number of benzene rings is 1. The van der Waals surface area contributed by atoms with Crippen molar-refractivity contribution in [1.82, 2.24) is 0 Å². The first-order valence-corrected chi connectivity index (χ1v) is 9.48. The summed E-state index contributed by atoms with van der Waals surface area (Å²) in [7, 11) is -0.327. The van der Waals surface area contributed by atoms with Crippen molar-refractivity contribution < 1.29 is 9.47 Å². The quantitative estimate of drug-likeness (QED) is 0.546. The molecule has 0 saturated carbocycles. The molecule has 0 spiro atoms. The predicted octanol–water partition coefficient (Wildman–Crippen LogP) is 4.38. The number of halogens is 1. The Bertz CT molecular complexity index is 367. The Morgan fingerprint density at radius 1 is 1.22 bits per heavy atom. The Morgan fingerprint density at radius 3 is 2.56 bits per heavy atom. The lowest BCUT2D eigenvalue weighted by Crippen LogP contribution is -2.27. The van der Waals surface area contributed by atoms with Crippen LogP contribution in [0.1, 0.15) is 13.8 Å². The summed E-state index contributed by atoms with van der Waals surface area (Å²) in [6, 6.07) is 7.86. The van der Waals surface area contributed by atoms with E-state index in [4.69, 9.17) is 9.47 Å². The van der Waals surface area contributed by atoms with Crippen molar-refractivity contribution in [1.29, 1.82) is 0 Å². The van der Waals surface area contributed by atoms with Gasteiger partial charge < -0.3 is 9.47 Å². The van der Waals surface area contributed by atoms with Gasteiger partial charge in [0.1, 0.15) is 12.4 Å². The molecule has 2 nitrogen and oxygen atoms in total.